The molecule has 0 aromatic carbocycles. The van der Waals surface area contributed by atoms with E-state index in [0.717, 1.165) is 60.9 Å². The molecule has 38 heavy (non-hydrogen) atoms. The minimum atomic E-state index is -1.14. The molecule has 3 aromatic heterocycles. The van der Waals surface area contributed by atoms with Crippen molar-refractivity contribution < 1.29 is 14.6 Å². The van der Waals surface area contributed by atoms with Crippen LogP contribution in [0.3, 0.4) is 0 Å². The largest absolute Gasteiger partial charge is 0.465 e. The number of nitrogens with zero attached hydrogens (tertiary/aromatic N) is 8. The van der Waals surface area contributed by atoms with Gasteiger partial charge in [0.05, 0.1) is 24.4 Å². The van der Waals surface area contributed by atoms with Crippen molar-refractivity contribution in [2.24, 2.45) is 0 Å². The smallest absolute Gasteiger partial charge is 0.407 e. The maximum atomic E-state index is 11.2. The molecule has 1 N–H and O–H groups in total. The van der Waals surface area contributed by atoms with Crippen molar-refractivity contribution in [1.29, 1.82) is 5.26 Å². The second-order valence-corrected chi connectivity index (χ2v) is 17.4. The van der Waals surface area contributed by atoms with Gasteiger partial charge in [-0.15, -0.1) is 0 Å². The van der Waals surface area contributed by atoms with Crippen LogP contribution >= 0.6 is 0 Å². The van der Waals surface area contributed by atoms with Gasteiger partial charge < -0.3 is 19.3 Å². The third-order valence-corrected chi connectivity index (χ3v) is 9.48. The number of amides is 1. The van der Waals surface area contributed by atoms with E-state index in [1.54, 1.807) is 6.33 Å². The number of likely N-dealkylation sites (tertiary alicyclic amines) is 2. The third kappa shape index (κ3) is 5.32. The first kappa shape index (κ1) is 26.3. The molecule has 0 unspecified atom stereocenters. The molecule has 2 fully saturated rings. The first-order chi connectivity index (χ1) is 18.2. The lowest BCUT2D eigenvalue weighted by Crippen LogP contribution is -2.66. The average Bonchev–Trinajstić information content (AvgIpc) is 3.51. The highest BCUT2D eigenvalue weighted by atomic mass is 28.3. The molecule has 3 aromatic rings. The van der Waals surface area contributed by atoms with Crippen LogP contribution in [0.5, 0.6) is 0 Å². The molecule has 202 valence electrons. The fraction of sp³-hybridized carbons (Fsp3) is 0.577. The monoisotopic (exact) mass is 536 g/mol. The number of carboxylic acid groups (broad SMARTS) is 1. The van der Waals surface area contributed by atoms with Gasteiger partial charge in [0.15, 0.2) is 0 Å². The van der Waals surface area contributed by atoms with Crippen molar-refractivity contribution >= 4 is 25.2 Å². The van der Waals surface area contributed by atoms with Gasteiger partial charge in [-0.25, -0.2) is 14.8 Å². The number of hydrogen-bond acceptors (Lipinski definition) is 7. The van der Waals surface area contributed by atoms with Gasteiger partial charge in [0, 0.05) is 70.2 Å². The predicted octanol–water partition coefficient (Wildman–Crippen LogP) is 3.67. The summed E-state index contributed by atoms with van der Waals surface area (Å²) in [4.78, 5) is 24.2. The van der Waals surface area contributed by atoms with Crippen LogP contribution in [0, 0.1) is 11.3 Å². The van der Waals surface area contributed by atoms with E-state index in [9.17, 15) is 15.2 Å². The van der Waals surface area contributed by atoms with Crippen LogP contribution in [0.4, 0.5) is 4.79 Å². The summed E-state index contributed by atoms with van der Waals surface area (Å²) in [5.74, 6) is 0. The molecule has 0 spiro atoms. The molecule has 11 nitrogen and oxygen atoms in total. The number of piperidine rings is 1. The minimum Gasteiger partial charge on any atom is -0.465 e. The molecule has 2 aliphatic heterocycles. The Morgan fingerprint density at radius 2 is 2.03 bits per heavy atom. The summed E-state index contributed by atoms with van der Waals surface area (Å²) in [5, 5.41) is 24.5. The van der Waals surface area contributed by atoms with Gasteiger partial charge >= 0.3 is 6.09 Å². The number of nitriles is 1. The van der Waals surface area contributed by atoms with Crippen molar-refractivity contribution in [2.45, 2.75) is 63.3 Å². The number of ether oxygens (including phenoxy) is 1. The van der Waals surface area contributed by atoms with Gasteiger partial charge in [0.2, 0.25) is 0 Å². The van der Waals surface area contributed by atoms with E-state index in [0.29, 0.717) is 32.3 Å². The van der Waals surface area contributed by atoms with E-state index in [1.807, 2.05) is 33.9 Å². The topological polar surface area (TPSA) is 125 Å². The Labute approximate surface area is 223 Å². The highest BCUT2D eigenvalue weighted by Crippen LogP contribution is 2.37. The lowest BCUT2D eigenvalue weighted by atomic mass is 9.84. The van der Waals surface area contributed by atoms with E-state index in [4.69, 9.17) is 4.74 Å². The fourth-order valence-electron chi connectivity index (χ4n) is 5.46. The number of hydrogen-bond donors (Lipinski definition) is 1. The van der Waals surface area contributed by atoms with Gasteiger partial charge in [-0.05, 0) is 25.0 Å². The Morgan fingerprint density at radius 1 is 1.26 bits per heavy atom. The Bertz CT molecular complexity index is 1330. The van der Waals surface area contributed by atoms with E-state index >= 15 is 0 Å². The van der Waals surface area contributed by atoms with Crippen LogP contribution in [0.1, 0.15) is 19.3 Å². The van der Waals surface area contributed by atoms with Crippen LogP contribution < -0.4 is 0 Å². The normalized spacial score (nSPS) is 18.4. The summed E-state index contributed by atoms with van der Waals surface area (Å²) in [6.07, 6.45) is 8.52. The average molecular weight is 537 g/mol. The zero-order valence-electron chi connectivity index (χ0n) is 22.4. The second kappa shape index (κ2) is 10.5. The van der Waals surface area contributed by atoms with Gasteiger partial charge in [-0.3, -0.25) is 9.58 Å². The number of rotatable bonds is 9. The standard InChI is InChI=1S/C26H36N8O3Si/c1-38(2,3)13-12-37-19-32-11-6-22-23(28-18-29-24(22)32)20-14-30-34(15-20)26(7-8-27)16-33(17-26)21-4-9-31(10-5-21)25(35)36/h6,11,14-15,18,21H,4-5,7,9-10,12-13,16-17,19H2,1-3H3,(H,35,36). The molecule has 0 saturated carbocycles. The number of fused-ring (bicyclic) bond motifs is 1. The zero-order valence-corrected chi connectivity index (χ0v) is 23.4. The molecule has 5 rings (SSSR count). The molecule has 0 bridgehead atoms. The van der Waals surface area contributed by atoms with E-state index in [2.05, 4.69) is 45.7 Å². The van der Waals surface area contributed by atoms with Crippen molar-refractivity contribution in [1.82, 2.24) is 34.1 Å². The fourth-order valence-corrected chi connectivity index (χ4v) is 6.22. The zero-order chi connectivity index (χ0) is 26.9. The van der Waals surface area contributed by atoms with Crippen LogP contribution in [0.2, 0.25) is 25.7 Å². The molecular weight excluding hydrogens is 500 g/mol. The molecule has 2 aliphatic rings. The molecule has 1 amide bonds. The quantitative estimate of drug-likeness (QED) is 0.324. The molecule has 2 saturated heterocycles. The Hall–Kier alpha value is -3.27. The molecule has 12 heteroatoms. The van der Waals surface area contributed by atoms with Crippen LogP contribution in [0.15, 0.2) is 31.0 Å². The second-order valence-electron chi connectivity index (χ2n) is 11.7. The van der Waals surface area contributed by atoms with Crippen molar-refractivity contribution in [2.75, 3.05) is 32.8 Å². The Morgan fingerprint density at radius 3 is 2.71 bits per heavy atom. The maximum absolute atomic E-state index is 11.2. The molecular formula is C26H36N8O3Si. The first-order valence-electron chi connectivity index (χ1n) is 13.2. The summed E-state index contributed by atoms with van der Waals surface area (Å²) in [6.45, 7) is 10.8. The third-order valence-electron chi connectivity index (χ3n) is 7.78. The highest BCUT2D eigenvalue weighted by Gasteiger charge is 2.48. The summed E-state index contributed by atoms with van der Waals surface area (Å²) >= 11 is 0. The summed E-state index contributed by atoms with van der Waals surface area (Å²) in [7, 11) is -1.14. The summed E-state index contributed by atoms with van der Waals surface area (Å²) in [6, 6.07) is 5.83. The Balaban J connectivity index is 1.28. The van der Waals surface area contributed by atoms with Crippen molar-refractivity contribution in [3.05, 3.63) is 31.0 Å². The van der Waals surface area contributed by atoms with Gasteiger partial charge in [0.25, 0.3) is 0 Å². The molecule has 5 heterocycles. The minimum absolute atomic E-state index is 0.335. The summed E-state index contributed by atoms with van der Waals surface area (Å²) in [5.41, 5.74) is 2.14. The highest BCUT2D eigenvalue weighted by molar-refractivity contribution is 6.76. The predicted molar refractivity (Wildman–Crippen MR) is 145 cm³/mol. The van der Waals surface area contributed by atoms with E-state index in [1.165, 1.54) is 4.90 Å². The van der Waals surface area contributed by atoms with E-state index < -0.39 is 14.2 Å². The van der Waals surface area contributed by atoms with E-state index in [-0.39, 0.29) is 5.54 Å². The Kier molecular flexibility index (Phi) is 7.26. The lowest BCUT2D eigenvalue weighted by molar-refractivity contribution is -0.0414. The van der Waals surface area contributed by atoms with Gasteiger partial charge in [0.1, 0.15) is 24.2 Å². The van der Waals surface area contributed by atoms with Crippen molar-refractivity contribution in [3.8, 4) is 17.3 Å². The molecule has 0 radical (unpaired) electrons. The molecule has 0 aliphatic carbocycles. The molecule has 0 atom stereocenters. The van der Waals surface area contributed by atoms with Crippen LogP contribution in [-0.4, -0.2) is 92.2 Å². The van der Waals surface area contributed by atoms with Crippen LogP contribution in [-0.2, 0) is 17.0 Å². The number of carbonyl (C=O) groups is 1. The van der Waals surface area contributed by atoms with Crippen molar-refractivity contribution in [3.63, 3.8) is 0 Å². The van der Waals surface area contributed by atoms with Crippen LogP contribution in [0.25, 0.3) is 22.3 Å². The maximum Gasteiger partial charge on any atom is 0.407 e. The van der Waals surface area contributed by atoms with Gasteiger partial charge in [-0.1, -0.05) is 19.6 Å². The van der Waals surface area contributed by atoms with Gasteiger partial charge in [-0.2, -0.15) is 10.4 Å². The SMILES string of the molecule is C[Si](C)(C)CCOCn1ccc2c(-c3cnn(C4(CC#N)CN(C5CCN(C(=O)O)CC5)C4)c3)ncnc21. The first-order valence-corrected chi connectivity index (χ1v) is 16.9. The summed E-state index contributed by atoms with van der Waals surface area (Å²) < 4.78 is 9.87. The lowest BCUT2D eigenvalue weighted by Gasteiger charge is -2.53. The number of aromatic nitrogens is 5.